The summed E-state index contributed by atoms with van der Waals surface area (Å²) >= 11 is 4.34. The lowest BCUT2D eigenvalue weighted by Gasteiger charge is -2.23. The first-order chi connectivity index (χ1) is 7.87. The second-order valence-electron chi connectivity index (χ2n) is 3.88. The van der Waals surface area contributed by atoms with Crippen LogP contribution in [-0.4, -0.2) is 29.6 Å². The summed E-state index contributed by atoms with van der Waals surface area (Å²) in [5.74, 6) is -0.527. The molecule has 0 atom stereocenters. The number of nitrogens with zero attached hydrogens (tertiary/aromatic N) is 1. The summed E-state index contributed by atoms with van der Waals surface area (Å²) in [4.78, 5) is 13.2. The molecule has 0 aliphatic heterocycles. The number of alkyl halides is 3. The number of thiophene rings is 1. The Bertz CT molecular complexity index is 427. The molecule has 1 saturated carbocycles. The number of halogens is 4. The van der Waals surface area contributed by atoms with E-state index in [1.807, 2.05) is 0 Å². The molecule has 94 valence electrons. The highest BCUT2D eigenvalue weighted by molar-refractivity contribution is 9.11. The Morgan fingerprint density at radius 2 is 2.12 bits per heavy atom. The molecule has 2 rings (SSSR count). The van der Waals surface area contributed by atoms with Gasteiger partial charge in [0, 0.05) is 6.04 Å². The Kier molecular flexibility index (Phi) is 3.49. The Hall–Kier alpha value is -0.560. The lowest BCUT2D eigenvalue weighted by molar-refractivity contribution is -0.141. The molecule has 0 unspecified atom stereocenters. The van der Waals surface area contributed by atoms with Gasteiger partial charge in [-0.1, -0.05) is 0 Å². The van der Waals surface area contributed by atoms with Gasteiger partial charge >= 0.3 is 6.18 Å². The molecule has 1 aromatic heterocycles. The Morgan fingerprint density at radius 3 is 2.53 bits per heavy atom. The molecule has 17 heavy (non-hydrogen) atoms. The summed E-state index contributed by atoms with van der Waals surface area (Å²) in [6.07, 6.45) is -3.02. The van der Waals surface area contributed by atoms with E-state index in [9.17, 15) is 18.0 Å². The third kappa shape index (κ3) is 3.45. The van der Waals surface area contributed by atoms with Crippen LogP contribution in [0.25, 0.3) is 0 Å². The molecule has 0 N–H and O–H groups in total. The number of hydrogen-bond acceptors (Lipinski definition) is 2. The minimum atomic E-state index is -4.34. The van der Waals surface area contributed by atoms with Crippen LogP contribution in [0.15, 0.2) is 15.9 Å². The van der Waals surface area contributed by atoms with Crippen LogP contribution in [0.4, 0.5) is 13.2 Å². The van der Waals surface area contributed by atoms with E-state index in [0.717, 1.165) is 20.0 Å². The van der Waals surface area contributed by atoms with Gasteiger partial charge in [-0.3, -0.25) is 4.79 Å². The minimum absolute atomic E-state index is 0.245. The fraction of sp³-hybridized carbons (Fsp3) is 0.500. The number of amides is 1. The van der Waals surface area contributed by atoms with Gasteiger partial charge in [-0.2, -0.15) is 13.2 Å². The van der Waals surface area contributed by atoms with E-state index >= 15 is 0 Å². The first-order valence-electron chi connectivity index (χ1n) is 5.00. The van der Waals surface area contributed by atoms with Crippen molar-refractivity contribution in [2.24, 2.45) is 0 Å². The van der Waals surface area contributed by atoms with Gasteiger partial charge in [0.25, 0.3) is 5.91 Å². The molecule has 0 bridgehead atoms. The van der Waals surface area contributed by atoms with Crippen molar-refractivity contribution in [3.63, 3.8) is 0 Å². The van der Waals surface area contributed by atoms with E-state index in [0.29, 0.717) is 17.7 Å². The van der Waals surface area contributed by atoms with Crippen molar-refractivity contribution in [2.45, 2.75) is 25.1 Å². The number of rotatable bonds is 3. The predicted octanol–water partition coefficient (Wildman–Crippen LogP) is 3.68. The van der Waals surface area contributed by atoms with Gasteiger partial charge in [0.05, 0.1) is 8.66 Å². The Balaban J connectivity index is 2.13. The molecular formula is C10H9BrF3NOS. The zero-order valence-electron chi connectivity index (χ0n) is 8.63. The number of hydrogen-bond donors (Lipinski definition) is 0. The normalized spacial score (nSPS) is 16.0. The maximum absolute atomic E-state index is 12.4. The van der Waals surface area contributed by atoms with Crippen LogP contribution in [-0.2, 0) is 0 Å². The predicted molar refractivity (Wildman–Crippen MR) is 62.1 cm³/mol. The van der Waals surface area contributed by atoms with Gasteiger partial charge in [0.15, 0.2) is 0 Å². The maximum atomic E-state index is 12.4. The Labute approximate surface area is 109 Å². The van der Waals surface area contributed by atoms with E-state index in [1.165, 1.54) is 0 Å². The first-order valence-corrected chi connectivity index (χ1v) is 6.61. The zero-order valence-corrected chi connectivity index (χ0v) is 11.0. The van der Waals surface area contributed by atoms with Crippen molar-refractivity contribution in [3.8, 4) is 0 Å². The molecule has 0 aromatic carbocycles. The third-order valence-electron chi connectivity index (χ3n) is 2.38. The molecule has 0 spiro atoms. The quantitative estimate of drug-likeness (QED) is 0.829. The molecule has 1 amide bonds. The van der Waals surface area contributed by atoms with E-state index < -0.39 is 18.6 Å². The second-order valence-corrected chi connectivity index (χ2v) is 6.35. The van der Waals surface area contributed by atoms with Crippen LogP contribution in [0.3, 0.4) is 0 Å². The van der Waals surface area contributed by atoms with Crippen LogP contribution in [0, 0.1) is 0 Å². The fourth-order valence-electron chi connectivity index (χ4n) is 1.52. The summed E-state index contributed by atoms with van der Waals surface area (Å²) in [5.41, 5.74) is 0. The summed E-state index contributed by atoms with van der Waals surface area (Å²) < 4.78 is 37.9. The van der Waals surface area contributed by atoms with E-state index in [4.69, 9.17) is 0 Å². The average Bonchev–Trinajstić information content (AvgIpc) is 2.96. The molecule has 1 aromatic rings. The molecule has 1 aliphatic carbocycles. The molecule has 7 heteroatoms. The largest absolute Gasteiger partial charge is 0.406 e. The van der Waals surface area contributed by atoms with E-state index in [2.05, 4.69) is 15.9 Å². The zero-order chi connectivity index (χ0) is 12.6. The molecule has 1 aliphatic rings. The lowest BCUT2D eigenvalue weighted by atomic mass is 10.3. The van der Waals surface area contributed by atoms with Gasteiger partial charge in [-0.05, 0) is 40.9 Å². The van der Waals surface area contributed by atoms with E-state index in [1.54, 1.807) is 12.1 Å². The molecule has 1 fully saturated rings. The minimum Gasteiger partial charge on any atom is -0.326 e. The lowest BCUT2D eigenvalue weighted by Crippen LogP contribution is -2.40. The summed E-state index contributed by atoms with van der Waals surface area (Å²) in [5, 5.41) is 0. The van der Waals surface area contributed by atoms with Crippen molar-refractivity contribution >= 4 is 33.2 Å². The van der Waals surface area contributed by atoms with Crippen LogP contribution in [0.2, 0.25) is 0 Å². The van der Waals surface area contributed by atoms with Crippen molar-refractivity contribution < 1.29 is 18.0 Å². The van der Waals surface area contributed by atoms with E-state index in [-0.39, 0.29) is 6.04 Å². The molecule has 0 radical (unpaired) electrons. The summed E-state index contributed by atoms with van der Waals surface area (Å²) in [7, 11) is 0. The fourth-order valence-corrected chi connectivity index (χ4v) is 2.86. The van der Waals surface area contributed by atoms with Crippen LogP contribution >= 0.6 is 27.3 Å². The number of carbonyl (C=O) groups is 1. The van der Waals surface area contributed by atoms with Gasteiger partial charge in [-0.25, -0.2) is 0 Å². The van der Waals surface area contributed by atoms with Gasteiger partial charge < -0.3 is 4.90 Å². The summed E-state index contributed by atoms with van der Waals surface area (Å²) in [6.45, 7) is -1.16. The standard InChI is InChI=1S/C10H9BrF3NOS/c11-8-4-3-7(17-8)9(16)15(6-1-2-6)5-10(12,13)14/h3-4,6H,1-2,5H2. The highest BCUT2D eigenvalue weighted by Crippen LogP contribution is 2.33. The van der Waals surface area contributed by atoms with Crippen molar-refractivity contribution in [1.29, 1.82) is 0 Å². The van der Waals surface area contributed by atoms with Crippen LogP contribution in [0.5, 0.6) is 0 Å². The van der Waals surface area contributed by atoms with Crippen LogP contribution in [0.1, 0.15) is 22.5 Å². The Morgan fingerprint density at radius 1 is 1.47 bits per heavy atom. The topological polar surface area (TPSA) is 20.3 Å². The highest BCUT2D eigenvalue weighted by atomic mass is 79.9. The maximum Gasteiger partial charge on any atom is 0.406 e. The van der Waals surface area contributed by atoms with Crippen LogP contribution < -0.4 is 0 Å². The van der Waals surface area contributed by atoms with Gasteiger partial charge in [0.2, 0.25) is 0 Å². The van der Waals surface area contributed by atoms with Crippen molar-refractivity contribution in [3.05, 3.63) is 20.8 Å². The molecule has 1 heterocycles. The number of carbonyl (C=O) groups excluding carboxylic acids is 1. The summed E-state index contributed by atoms with van der Waals surface area (Å²) in [6, 6.07) is 2.96. The highest BCUT2D eigenvalue weighted by Gasteiger charge is 2.41. The molecule has 2 nitrogen and oxygen atoms in total. The van der Waals surface area contributed by atoms with Gasteiger partial charge in [-0.15, -0.1) is 11.3 Å². The monoisotopic (exact) mass is 327 g/mol. The average molecular weight is 328 g/mol. The first kappa shape index (κ1) is 12.9. The molecule has 0 saturated heterocycles. The SMILES string of the molecule is O=C(c1ccc(Br)s1)N(CC(F)(F)F)C1CC1. The van der Waals surface area contributed by atoms with Crippen molar-refractivity contribution in [2.75, 3.05) is 6.54 Å². The second kappa shape index (κ2) is 4.61. The third-order valence-corrected chi connectivity index (χ3v) is 3.99. The smallest absolute Gasteiger partial charge is 0.326 e. The van der Waals surface area contributed by atoms with Crippen molar-refractivity contribution in [1.82, 2.24) is 4.90 Å². The van der Waals surface area contributed by atoms with Gasteiger partial charge in [0.1, 0.15) is 6.54 Å². The molecular weight excluding hydrogens is 319 g/mol.